The number of anilines is 2. The van der Waals surface area contributed by atoms with Gasteiger partial charge in [-0.2, -0.15) is 0 Å². The number of phenols is 1. The minimum atomic E-state index is -0.472. The number of fused-ring (bicyclic) bond motifs is 3. The summed E-state index contributed by atoms with van der Waals surface area (Å²) in [5.41, 5.74) is 4.73. The molecule has 3 aliphatic rings. The molecule has 0 radical (unpaired) electrons. The molecule has 0 aromatic heterocycles. The zero-order chi connectivity index (χ0) is 26.6. The Hall–Kier alpha value is -4.27. The number of carbonyl (C=O) groups is 1. The molecule has 3 aromatic rings. The van der Waals surface area contributed by atoms with E-state index in [4.69, 9.17) is 23.7 Å². The lowest BCUT2D eigenvalue weighted by Crippen LogP contribution is -2.37. The number of nitrogens with zero attached hydrogens (tertiary/aromatic N) is 1. The number of hydrogen-bond acceptors (Lipinski definition) is 9. The van der Waals surface area contributed by atoms with Crippen molar-refractivity contribution in [3.05, 3.63) is 65.2 Å². The van der Waals surface area contributed by atoms with Crippen molar-refractivity contribution in [1.82, 2.24) is 0 Å². The Kier molecular flexibility index (Phi) is 5.86. The van der Waals surface area contributed by atoms with Crippen molar-refractivity contribution in [3.8, 4) is 28.7 Å². The van der Waals surface area contributed by atoms with Crippen LogP contribution >= 0.6 is 0 Å². The summed E-state index contributed by atoms with van der Waals surface area (Å²) in [6, 6.07) is 15.4. The normalized spacial score (nSPS) is 22.8. The van der Waals surface area contributed by atoms with Crippen molar-refractivity contribution in [1.29, 1.82) is 0 Å². The smallest absolute Gasteiger partial charge is 0.310 e. The van der Waals surface area contributed by atoms with Crippen molar-refractivity contribution >= 4 is 17.3 Å². The highest BCUT2D eigenvalue weighted by atomic mass is 16.7. The highest BCUT2D eigenvalue weighted by Gasteiger charge is 2.52. The van der Waals surface area contributed by atoms with Crippen LogP contribution in [0, 0.1) is 11.8 Å². The molecule has 0 amide bonds. The second-order valence-corrected chi connectivity index (χ2v) is 9.97. The number of ether oxygens (including phenoxy) is 5. The third kappa shape index (κ3) is 3.81. The van der Waals surface area contributed by atoms with Crippen LogP contribution < -0.4 is 29.2 Å². The van der Waals surface area contributed by atoms with E-state index in [2.05, 4.69) is 17.4 Å². The Bertz CT molecular complexity index is 1360. The maximum absolute atomic E-state index is 13.3. The van der Waals surface area contributed by atoms with E-state index in [1.165, 1.54) is 14.2 Å². The quantitative estimate of drug-likeness (QED) is 0.463. The molecular formula is C29H30N2O7. The van der Waals surface area contributed by atoms with E-state index in [0.29, 0.717) is 11.5 Å². The van der Waals surface area contributed by atoms with E-state index in [-0.39, 0.29) is 54.5 Å². The first-order chi connectivity index (χ1) is 18.4. The number of nitrogens with one attached hydrogen (secondary N) is 1. The topological polar surface area (TPSA) is 98.7 Å². The number of esters is 1. The van der Waals surface area contributed by atoms with Crippen LogP contribution in [-0.2, 0) is 9.53 Å². The molecule has 4 unspecified atom stereocenters. The summed E-state index contributed by atoms with van der Waals surface area (Å²) in [5.74, 6) is 0.483. The van der Waals surface area contributed by atoms with E-state index in [9.17, 15) is 9.90 Å². The first-order valence-electron chi connectivity index (χ1n) is 12.5. The maximum atomic E-state index is 13.3. The molecular weight excluding hydrogens is 488 g/mol. The molecule has 0 saturated carbocycles. The van der Waals surface area contributed by atoms with Gasteiger partial charge in [0.2, 0.25) is 12.5 Å². The number of hydrogen-bond donors (Lipinski definition) is 2. The summed E-state index contributed by atoms with van der Waals surface area (Å²) >= 11 is 0. The van der Waals surface area contributed by atoms with Crippen molar-refractivity contribution in [2.45, 2.75) is 12.0 Å². The molecule has 1 aliphatic carbocycles. The molecule has 9 heteroatoms. The molecule has 1 saturated heterocycles. The second kappa shape index (κ2) is 9.24. The van der Waals surface area contributed by atoms with Crippen LogP contribution in [0.25, 0.3) is 0 Å². The summed E-state index contributed by atoms with van der Waals surface area (Å²) in [5, 5.41) is 14.2. The molecule has 1 fully saturated rings. The first-order valence-corrected chi connectivity index (χ1v) is 12.5. The summed E-state index contributed by atoms with van der Waals surface area (Å²) in [7, 11) is 6.97. The number of benzene rings is 3. The lowest BCUT2D eigenvalue weighted by Gasteiger charge is -2.40. The van der Waals surface area contributed by atoms with Gasteiger partial charge in [-0.25, -0.2) is 0 Å². The van der Waals surface area contributed by atoms with Gasteiger partial charge in [-0.05, 0) is 65.2 Å². The van der Waals surface area contributed by atoms with Crippen molar-refractivity contribution in [3.63, 3.8) is 0 Å². The molecule has 198 valence electrons. The van der Waals surface area contributed by atoms with Gasteiger partial charge in [0, 0.05) is 37.3 Å². The van der Waals surface area contributed by atoms with Crippen LogP contribution in [-0.4, -0.2) is 52.8 Å². The number of carbonyl (C=O) groups excluding carboxylic acids is 1. The first kappa shape index (κ1) is 24.1. The zero-order valence-corrected chi connectivity index (χ0v) is 21.7. The zero-order valence-electron chi connectivity index (χ0n) is 21.7. The number of cyclic esters (lactones) is 1. The molecule has 2 N–H and O–H groups in total. The molecule has 4 atom stereocenters. The van der Waals surface area contributed by atoms with Crippen molar-refractivity contribution in [2.24, 2.45) is 11.8 Å². The average Bonchev–Trinajstić information content (AvgIpc) is 3.54. The number of methoxy groups -OCH3 is 2. The average molecular weight is 519 g/mol. The fraction of sp³-hybridized carbons (Fsp3) is 0.345. The minimum Gasteiger partial charge on any atom is -0.502 e. The van der Waals surface area contributed by atoms with Gasteiger partial charge in [0.05, 0.1) is 32.8 Å². The summed E-state index contributed by atoms with van der Waals surface area (Å²) < 4.78 is 28.0. The highest BCUT2D eigenvalue weighted by Crippen LogP contribution is 2.56. The van der Waals surface area contributed by atoms with Crippen molar-refractivity contribution in [2.75, 3.05) is 51.9 Å². The van der Waals surface area contributed by atoms with Gasteiger partial charge in [0.1, 0.15) is 0 Å². The Morgan fingerprint density at radius 1 is 0.921 bits per heavy atom. The predicted octanol–water partition coefficient (Wildman–Crippen LogP) is 4.29. The van der Waals surface area contributed by atoms with E-state index in [1.54, 1.807) is 12.1 Å². The molecule has 3 aromatic carbocycles. The lowest BCUT2D eigenvalue weighted by molar-refractivity contribution is -0.141. The molecule has 2 heterocycles. The molecule has 9 nitrogen and oxygen atoms in total. The van der Waals surface area contributed by atoms with Crippen LogP contribution in [0.2, 0.25) is 0 Å². The Labute approximate surface area is 220 Å². The third-order valence-corrected chi connectivity index (χ3v) is 7.75. The number of rotatable bonds is 6. The van der Waals surface area contributed by atoms with E-state index >= 15 is 0 Å². The van der Waals surface area contributed by atoms with Gasteiger partial charge >= 0.3 is 5.97 Å². The fourth-order valence-electron chi connectivity index (χ4n) is 5.88. The summed E-state index contributed by atoms with van der Waals surface area (Å²) in [6.45, 7) is 0.427. The van der Waals surface area contributed by atoms with Crippen LogP contribution in [0.4, 0.5) is 11.4 Å². The Morgan fingerprint density at radius 2 is 1.55 bits per heavy atom. The van der Waals surface area contributed by atoms with Crippen molar-refractivity contribution < 1.29 is 33.6 Å². The van der Waals surface area contributed by atoms with Gasteiger partial charge in [0.15, 0.2) is 23.0 Å². The molecule has 2 aliphatic heterocycles. The van der Waals surface area contributed by atoms with E-state index < -0.39 is 5.92 Å². The van der Waals surface area contributed by atoms with Gasteiger partial charge in [-0.1, -0.05) is 0 Å². The van der Waals surface area contributed by atoms with Gasteiger partial charge in [-0.15, -0.1) is 0 Å². The standard InChI is InChI=1S/C29H30N2O7/c1-31(2)17-7-5-16(6-8-17)30-27-19-12-22-21(37-14-38-22)11-18(19)25(26-20(27)13-36-29(26)33)15-9-23(34-3)28(32)24(10-15)35-4/h5-12,20,25-27,30,32H,13-14H2,1-4H3. The molecule has 0 bridgehead atoms. The number of phenolic OH excluding ortho intramolecular Hbond substituents is 1. The monoisotopic (exact) mass is 518 g/mol. The van der Waals surface area contributed by atoms with Crippen LogP contribution in [0.5, 0.6) is 28.7 Å². The summed E-state index contributed by atoms with van der Waals surface area (Å²) in [6.07, 6.45) is 0. The fourth-order valence-corrected chi connectivity index (χ4v) is 5.88. The third-order valence-electron chi connectivity index (χ3n) is 7.75. The van der Waals surface area contributed by atoms with Gasteiger partial charge < -0.3 is 39.0 Å². The van der Waals surface area contributed by atoms with Crippen LogP contribution in [0.15, 0.2) is 48.5 Å². The minimum absolute atomic E-state index is 0.0910. The van der Waals surface area contributed by atoms with E-state index in [1.807, 2.05) is 43.3 Å². The maximum Gasteiger partial charge on any atom is 0.310 e. The molecule has 38 heavy (non-hydrogen) atoms. The Morgan fingerprint density at radius 3 is 2.16 bits per heavy atom. The predicted molar refractivity (Wildman–Crippen MR) is 141 cm³/mol. The highest BCUT2D eigenvalue weighted by molar-refractivity contribution is 5.79. The summed E-state index contributed by atoms with van der Waals surface area (Å²) in [4.78, 5) is 15.4. The largest absolute Gasteiger partial charge is 0.502 e. The van der Waals surface area contributed by atoms with Gasteiger partial charge in [0.25, 0.3) is 0 Å². The van der Waals surface area contributed by atoms with Gasteiger partial charge in [-0.3, -0.25) is 4.79 Å². The molecule has 6 rings (SSSR count). The lowest BCUT2D eigenvalue weighted by atomic mass is 9.65. The van der Waals surface area contributed by atoms with Crippen LogP contribution in [0.1, 0.15) is 28.7 Å². The molecule has 0 spiro atoms. The number of aromatic hydroxyl groups is 1. The SMILES string of the molecule is COc1cc(C2c3cc4c(cc3C(Nc3ccc(N(C)C)cc3)C3COC(=O)C23)OCO4)cc(OC)c1O. The van der Waals surface area contributed by atoms with E-state index in [0.717, 1.165) is 28.1 Å². The second-order valence-electron chi connectivity index (χ2n) is 9.97. The van der Waals surface area contributed by atoms with Crippen LogP contribution in [0.3, 0.4) is 0 Å². The Balaban J connectivity index is 1.51.